The second-order valence-electron chi connectivity index (χ2n) is 5.25. The van der Waals surface area contributed by atoms with Gasteiger partial charge in [0.1, 0.15) is 0 Å². The Morgan fingerprint density at radius 2 is 1.82 bits per heavy atom. The van der Waals surface area contributed by atoms with E-state index in [4.69, 9.17) is 4.74 Å². The van der Waals surface area contributed by atoms with E-state index in [9.17, 15) is 10.1 Å². The molecule has 0 bridgehead atoms. The SMILES string of the molecule is O=[N+]([O-])c1ccc(S[C@H]2CCCO[C@@H]2c2ccccc2)cc1. The second-order valence-corrected chi connectivity index (χ2v) is 6.56. The highest BCUT2D eigenvalue weighted by atomic mass is 32.2. The summed E-state index contributed by atoms with van der Waals surface area (Å²) in [6, 6.07) is 17.0. The lowest BCUT2D eigenvalue weighted by atomic mass is 10.0. The van der Waals surface area contributed by atoms with Crippen molar-refractivity contribution in [3.63, 3.8) is 0 Å². The quantitative estimate of drug-likeness (QED) is 0.611. The molecule has 0 saturated carbocycles. The highest BCUT2D eigenvalue weighted by Crippen LogP contribution is 2.40. The molecule has 2 aromatic rings. The minimum Gasteiger partial charge on any atom is -0.372 e. The van der Waals surface area contributed by atoms with Gasteiger partial charge in [-0.15, -0.1) is 11.8 Å². The van der Waals surface area contributed by atoms with E-state index in [1.165, 1.54) is 5.56 Å². The third-order valence-electron chi connectivity index (χ3n) is 3.73. The Kier molecular flexibility index (Phi) is 4.75. The van der Waals surface area contributed by atoms with Crippen LogP contribution in [-0.2, 0) is 4.74 Å². The molecule has 0 unspecified atom stereocenters. The van der Waals surface area contributed by atoms with Crippen LogP contribution >= 0.6 is 11.8 Å². The van der Waals surface area contributed by atoms with Crippen LogP contribution in [0.4, 0.5) is 5.69 Å². The van der Waals surface area contributed by atoms with Crippen LogP contribution in [0.25, 0.3) is 0 Å². The van der Waals surface area contributed by atoms with Gasteiger partial charge in [0.25, 0.3) is 5.69 Å². The molecule has 0 N–H and O–H groups in total. The standard InChI is InChI=1S/C17H17NO3S/c19-18(20)14-8-10-15(11-9-14)22-16-7-4-12-21-17(16)13-5-2-1-3-6-13/h1-3,5-6,8-11,16-17H,4,7,12H2/t16-,17+/m0/s1. The molecule has 1 saturated heterocycles. The molecule has 2 atom stereocenters. The molecule has 1 aliphatic heterocycles. The maximum atomic E-state index is 10.7. The number of thioether (sulfide) groups is 1. The van der Waals surface area contributed by atoms with Crippen LogP contribution in [0.3, 0.4) is 0 Å². The Morgan fingerprint density at radius 3 is 2.50 bits per heavy atom. The molecular weight excluding hydrogens is 298 g/mol. The summed E-state index contributed by atoms with van der Waals surface area (Å²) in [5.41, 5.74) is 1.32. The average Bonchev–Trinajstić information content (AvgIpc) is 2.57. The highest BCUT2D eigenvalue weighted by Gasteiger charge is 2.28. The lowest BCUT2D eigenvalue weighted by Crippen LogP contribution is -2.24. The number of nitro benzene ring substituents is 1. The molecule has 1 heterocycles. The second kappa shape index (κ2) is 6.94. The zero-order chi connectivity index (χ0) is 15.4. The molecule has 2 aromatic carbocycles. The van der Waals surface area contributed by atoms with Crippen molar-refractivity contribution in [3.8, 4) is 0 Å². The van der Waals surface area contributed by atoms with Crippen LogP contribution in [0.1, 0.15) is 24.5 Å². The minimum atomic E-state index is -0.370. The number of hydrogen-bond donors (Lipinski definition) is 0. The Labute approximate surface area is 133 Å². The first-order chi connectivity index (χ1) is 10.7. The Balaban J connectivity index is 1.75. The van der Waals surface area contributed by atoms with Crippen LogP contribution < -0.4 is 0 Å². The van der Waals surface area contributed by atoms with Crippen LogP contribution in [0, 0.1) is 10.1 Å². The molecular formula is C17H17NO3S. The van der Waals surface area contributed by atoms with Crippen molar-refractivity contribution in [3.05, 3.63) is 70.3 Å². The van der Waals surface area contributed by atoms with Crippen molar-refractivity contribution in [2.75, 3.05) is 6.61 Å². The van der Waals surface area contributed by atoms with Gasteiger partial charge in [0.2, 0.25) is 0 Å². The molecule has 1 fully saturated rings. The van der Waals surface area contributed by atoms with E-state index in [0.29, 0.717) is 5.25 Å². The Morgan fingerprint density at radius 1 is 1.09 bits per heavy atom. The van der Waals surface area contributed by atoms with E-state index < -0.39 is 0 Å². The molecule has 0 amide bonds. The summed E-state index contributed by atoms with van der Waals surface area (Å²) in [5, 5.41) is 11.0. The van der Waals surface area contributed by atoms with E-state index in [-0.39, 0.29) is 16.7 Å². The van der Waals surface area contributed by atoms with Gasteiger partial charge in [0.05, 0.1) is 11.0 Å². The van der Waals surface area contributed by atoms with Crippen LogP contribution in [0.15, 0.2) is 59.5 Å². The average molecular weight is 315 g/mol. The van der Waals surface area contributed by atoms with Gasteiger partial charge in [0.15, 0.2) is 0 Å². The highest BCUT2D eigenvalue weighted by molar-refractivity contribution is 8.00. The first-order valence-corrected chi connectivity index (χ1v) is 8.19. The molecule has 114 valence electrons. The van der Waals surface area contributed by atoms with Gasteiger partial charge in [-0.25, -0.2) is 0 Å². The van der Waals surface area contributed by atoms with Gasteiger partial charge in [-0.05, 0) is 30.5 Å². The van der Waals surface area contributed by atoms with Gasteiger partial charge in [-0.2, -0.15) is 0 Å². The van der Waals surface area contributed by atoms with Crippen molar-refractivity contribution >= 4 is 17.4 Å². The molecule has 22 heavy (non-hydrogen) atoms. The first-order valence-electron chi connectivity index (χ1n) is 7.32. The number of ether oxygens (including phenoxy) is 1. The van der Waals surface area contributed by atoms with E-state index in [1.54, 1.807) is 23.9 Å². The van der Waals surface area contributed by atoms with Crippen LogP contribution in [0.2, 0.25) is 0 Å². The van der Waals surface area contributed by atoms with E-state index >= 15 is 0 Å². The van der Waals surface area contributed by atoms with E-state index in [0.717, 1.165) is 24.3 Å². The summed E-state index contributed by atoms with van der Waals surface area (Å²) < 4.78 is 5.98. The minimum absolute atomic E-state index is 0.0788. The van der Waals surface area contributed by atoms with Gasteiger partial charge in [-0.1, -0.05) is 30.3 Å². The summed E-state index contributed by atoms with van der Waals surface area (Å²) in [5.74, 6) is 0. The van der Waals surface area contributed by atoms with Crippen molar-refractivity contribution in [2.45, 2.75) is 29.1 Å². The fourth-order valence-electron chi connectivity index (χ4n) is 2.65. The lowest BCUT2D eigenvalue weighted by molar-refractivity contribution is -0.384. The van der Waals surface area contributed by atoms with E-state index in [2.05, 4.69) is 12.1 Å². The lowest BCUT2D eigenvalue weighted by Gasteiger charge is -2.31. The normalized spacial score (nSPS) is 21.5. The zero-order valence-electron chi connectivity index (χ0n) is 12.1. The molecule has 3 rings (SSSR count). The monoisotopic (exact) mass is 315 g/mol. The molecule has 0 aliphatic carbocycles. The molecule has 1 aliphatic rings. The van der Waals surface area contributed by atoms with E-state index in [1.807, 2.05) is 30.3 Å². The Bertz CT molecular complexity index is 630. The van der Waals surface area contributed by atoms with Crippen LogP contribution in [0.5, 0.6) is 0 Å². The van der Waals surface area contributed by atoms with Gasteiger partial charge in [0, 0.05) is 28.9 Å². The fourth-order valence-corrected chi connectivity index (χ4v) is 3.94. The number of non-ortho nitro benzene ring substituents is 1. The third-order valence-corrected chi connectivity index (χ3v) is 5.06. The molecule has 0 aromatic heterocycles. The predicted octanol–water partition coefficient (Wildman–Crippen LogP) is 4.61. The van der Waals surface area contributed by atoms with Gasteiger partial charge in [-0.3, -0.25) is 10.1 Å². The third kappa shape index (κ3) is 3.48. The number of benzene rings is 2. The van der Waals surface area contributed by atoms with Crippen LogP contribution in [-0.4, -0.2) is 16.8 Å². The van der Waals surface area contributed by atoms with Crippen molar-refractivity contribution in [1.29, 1.82) is 0 Å². The maximum Gasteiger partial charge on any atom is 0.269 e. The van der Waals surface area contributed by atoms with Crippen molar-refractivity contribution in [2.24, 2.45) is 0 Å². The number of hydrogen-bond acceptors (Lipinski definition) is 4. The number of nitro groups is 1. The topological polar surface area (TPSA) is 52.4 Å². The summed E-state index contributed by atoms with van der Waals surface area (Å²) in [7, 11) is 0. The summed E-state index contributed by atoms with van der Waals surface area (Å²) in [4.78, 5) is 11.4. The zero-order valence-corrected chi connectivity index (χ0v) is 12.9. The molecule has 0 spiro atoms. The molecule has 0 radical (unpaired) electrons. The van der Waals surface area contributed by atoms with Crippen molar-refractivity contribution < 1.29 is 9.66 Å². The van der Waals surface area contributed by atoms with Gasteiger partial charge < -0.3 is 4.74 Å². The summed E-state index contributed by atoms with van der Waals surface area (Å²) >= 11 is 1.74. The summed E-state index contributed by atoms with van der Waals surface area (Å²) in [6.07, 6.45) is 2.21. The fraction of sp³-hybridized carbons (Fsp3) is 0.294. The predicted molar refractivity (Wildman–Crippen MR) is 87.1 cm³/mol. The first kappa shape index (κ1) is 15.1. The van der Waals surface area contributed by atoms with Crippen molar-refractivity contribution in [1.82, 2.24) is 0 Å². The largest absolute Gasteiger partial charge is 0.372 e. The Hall–Kier alpha value is -1.85. The maximum absolute atomic E-state index is 10.7. The molecule has 4 nitrogen and oxygen atoms in total. The smallest absolute Gasteiger partial charge is 0.269 e. The summed E-state index contributed by atoms with van der Waals surface area (Å²) in [6.45, 7) is 0.789. The number of nitrogens with zero attached hydrogens (tertiary/aromatic N) is 1. The van der Waals surface area contributed by atoms with Gasteiger partial charge >= 0.3 is 0 Å². The molecule has 5 heteroatoms. The number of rotatable bonds is 4.